The first-order valence-corrected chi connectivity index (χ1v) is 12.7. The first kappa shape index (κ1) is 25.0. The van der Waals surface area contributed by atoms with Crippen LogP contribution in [0.4, 0.5) is 0 Å². The molecule has 182 valence electrons. The molecule has 0 aliphatic heterocycles. The molecule has 1 aliphatic rings. The molecule has 0 spiro atoms. The van der Waals surface area contributed by atoms with Crippen LogP contribution in [0.25, 0.3) is 16.7 Å². The highest BCUT2D eigenvalue weighted by molar-refractivity contribution is 5.97. The van der Waals surface area contributed by atoms with E-state index in [-0.39, 0.29) is 0 Å². The predicted molar refractivity (Wildman–Crippen MR) is 150 cm³/mol. The second-order valence-corrected chi connectivity index (χ2v) is 11.2. The van der Waals surface area contributed by atoms with E-state index < -0.39 is 0 Å². The van der Waals surface area contributed by atoms with Gasteiger partial charge in [-0.15, -0.1) is 0 Å². The normalized spacial score (nSPS) is 16.8. The highest BCUT2D eigenvalue weighted by atomic mass is 16.5. The first-order valence-electron chi connectivity index (χ1n) is 12.7. The molecular formula is C33H39NO. The summed E-state index contributed by atoms with van der Waals surface area (Å²) in [7, 11) is 0. The monoisotopic (exact) mass is 465 g/mol. The molecule has 35 heavy (non-hydrogen) atoms. The van der Waals surface area contributed by atoms with Crippen molar-refractivity contribution in [1.82, 2.24) is 0 Å². The van der Waals surface area contributed by atoms with E-state index in [0.29, 0.717) is 17.0 Å². The van der Waals surface area contributed by atoms with E-state index in [1.54, 1.807) is 0 Å². The van der Waals surface area contributed by atoms with Crippen LogP contribution in [0.5, 0.6) is 5.75 Å². The van der Waals surface area contributed by atoms with Gasteiger partial charge in [0.05, 0.1) is 6.61 Å². The Bertz CT molecular complexity index is 1280. The summed E-state index contributed by atoms with van der Waals surface area (Å²) in [4.78, 5) is 0. The molecule has 0 aromatic heterocycles. The topological polar surface area (TPSA) is 33.1 Å². The molecule has 3 aromatic carbocycles. The number of rotatable bonds is 7. The lowest BCUT2D eigenvalue weighted by molar-refractivity contribution is 0.238. The van der Waals surface area contributed by atoms with Crippen molar-refractivity contribution in [2.75, 3.05) is 6.61 Å². The molecule has 3 aromatic rings. The van der Waals surface area contributed by atoms with Crippen LogP contribution in [-0.4, -0.2) is 12.3 Å². The minimum atomic E-state index is 0.455. The van der Waals surface area contributed by atoms with Crippen LogP contribution >= 0.6 is 0 Å². The lowest BCUT2D eigenvalue weighted by atomic mass is 9.89. The number of ether oxygens (including phenoxy) is 1. The van der Waals surface area contributed by atoms with Crippen molar-refractivity contribution in [2.45, 2.75) is 60.8 Å². The second-order valence-electron chi connectivity index (χ2n) is 11.2. The molecule has 0 heterocycles. The fourth-order valence-corrected chi connectivity index (χ4v) is 5.40. The Hall–Kier alpha value is -3.13. The highest BCUT2D eigenvalue weighted by Crippen LogP contribution is 2.41. The molecule has 1 aliphatic carbocycles. The molecule has 1 unspecified atom stereocenters. The third-order valence-corrected chi connectivity index (χ3v) is 7.63. The summed E-state index contributed by atoms with van der Waals surface area (Å²) in [6.45, 7) is 18.3. The molecular weight excluding hydrogens is 426 g/mol. The summed E-state index contributed by atoms with van der Waals surface area (Å²) in [6, 6.07) is 19.2. The number of nitrogens with one attached hydrogen (secondary N) is 1. The van der Waals surface area contributed by atoms with Crippen LogP contribution < -0.4 is 4.74 Å². The zero-order chi connectivity index (χ0) is 25.3. The van der Waals surface area contributed by atoms with Crippen LogP contribution in [0.2, 0.25) is 0 Å². The summed E-state index contributed by atoms with van der Waals surface area (Å²) in [5.74, 6) is 1.60. The average Bonchev–Trinajstić information content (AvgIpc) is 3.16. The molecule has 0 amide bonds. The third-order valence-electron chi connectivity index (χ3n) is 7.63. The fraction of sp³-hybridized carbons (Fsp3) is 0.364. The van der Waals surface area contributed by atoms with Crippen molar-refractivity contribution >= 4 is 11.3 Å². The predicted octanol–water partition coefficient (Wildman–Crippen LogP) is 8.93. The van der Waals surface area contributed by atoms with Gasteiger partial charge in [-0.05, 0) is 133 Å². The van der Waals surface area contributed by atoms with E-state index in [1.807, 2.05) is 13.0 Å². The quantitative estimate of drug-likeness (QED) is 0.347. The van der Waals surface area contributed by atoms with Gasteiger partial charge in [-0.2, -0.15) is 0 Å². The van der Waals surface area contributed by atoms with Crippen molar-refractivity contribution in [2.24, 2.45) is 11.3 Å². The van der Waals surface area contributed by atoms with Crippen LogP contribution in [0, 0.1) is 37.5 Å². The van der Waals surface area contributed by atoms with E-state index in [0.717, 1.165) is 34.6 Å². The van der Waals surface area contributed by atoms with Crippen LogP contribution in [0.1, 0.15) is 73.4 Å². The molecule has 2 heteroatoms. The molecule has 1 saturated carbocycles. The molecule has 0 bridgehead atoms. The van der Waals surface area contributed by atoms with Crippen molar-refractivity contribution in [3.05, 3.63) is 94.6 Å². The van der Waals surface area contributed by atoms with E-state index in [4.69, 9.17) is 10.1 Å². The Balaban J connectivity index is 1.56. The van der Waals surface area contributed by atoms with Gasteiger partial charge in [-0.25, -0.2) is 0 Å². The Morgan fingerprint density at radius 1 is 0.914 bits per heavy atom. The van der Waals surface area contributed by atoms with Crippen LogP contribution in [-0.2, 0) is 0 Å². The van der Waals surface area contributed by atoms with Gasteiger partial charge in [0.25, 0.3) is 0 Å². The lowest BCUT2D eigenvalue weighted by Gasteiger charge is -2.18. The van der Waals surface area contributed by atoms with Gasteiger partial charge in [0.2, 0.25) is 0 Å². The molecule has 1 atom stereocenters. The van der Waals surface area contributed by atoms with Gasteiger partial charge in [-0.1, -0.05) is 50.8 Å². The molecule has 1 fully saturated rings. The zero-order valence-electron chi connectivity index (χ0n) is 22.2. The number of hydrogen-bond acceptors (Lipinski definition) is 2. The Labute approximate surface area is 211 Å². The minimum Gasteiger partial charge on any atom is -0.493 e. The lowest BCUT2D eigenvalue weighted by Crippen LogP contribution is -2.11. The van der Waals surface area contributed by atoms with E-state index in [2.05, 4.69) is 89.7 Å². The van der Waals surface area contributed by atoms with Gasteiger partial charge in [-0.3, -0.25) is 0 Å². The van der Waals surface area contributed by atoms with Gasteiger partial charge in [0.15, 0.2) is 0 Å². The Morgan fingerprint density at radius 2 is 1.54 bits per heavy atom. The van der Waals surface area contributed by atoms with Crippen LogP contribution in [0.3, 0.4) is 0 Å². The van der Waals surface area contributed by atoms with Crippen LogP contribution in [0.15, 0.2) is 61.2 Å². The maximum Gasteiger partial charge on any atom is 0.119 e. The molecule has 1 N–H and O–H groups in total. The standard InChI is InChI=1S/C33H39NO/c1-21-8-10-27(17-31(21)32-18-28(25(5)34)11-9-22(32)2)24(4)30-13-12-29(16-23(30)3)35-20-26-14-15-33(6,7)19-26/h8-13,16-18,26,34H,4,14-15,19-20H2,1-3,5-7H3. The van der Waals surface area contributed by atoms with Gasteiger partial charge in [0.1, 0.15) is 5.75 Å². The van der Waals surface area contributed by atoms with Gasteiger partial charge < -0.3 is 10.1 Å². The Kier molecular flexibility index (Phi) is 7.03. The van der Waals surface area contributed by atoms with Gasteiger partial charge in [0, 0.05) is 5.71 Å². The number of benzene rings is 3. The second kappa shape index (κ2) is 9.85. The SMILES string of the molecule is C=C(c1ccc(C)c(-c2cc(C(C)=N)ccc2C)c1)c1ccc(OCC2CCC(C)(C)C2)cc1C. The average molecular weight is 466 g/mol. The smallest absolute Gasteiger partial charge is 0.119 e. The molecule has 0 saturated heterocycles. The van der Waals surface area contributed by atoms with E-state index in [1.165, 1.54) is 47.1 Å². The number of hydrogen-bond donors (Lipinski definition) is 1. The summed E-state index contributed by atoms with van der Waals surface area (Å²) in [6.07, 6.45) is 3.80. The fourth-order valence-electron chi connectivity index (χ4n) is 5.40. The molecule has 2 nitrogen and oxygen atoms in total. The summed E-state index contributed by atoms with van der Waals surface area (Å²) < 4.78 is 6.19. The largest absolute Gasteiger partial charge is 0.493 e. The summed E-state index contributed by atoms with van der Waals surface area (Å²) in [5, 5.41) is 8.05. The van der Waals surface area contributed by atoms with Gasteiger partial charge >= 0.3 is 0 Å². The maximum absolute atomic E-state index is 8.05. The van der Waals surface area contributed by atoms with Crippen molar-refractivity contribution in [1.29, 1.82) is 5.41 Å². The van der Waals surface area contributed by atoms with E-state index >= 15 is 0 Å². The third kappa shape index (κ3) is 5.59. The molecule has 0 radical (unpaired) electrons. The summed E-state index contributed by atoms with van der Waals surface area (Å²) >= 11 is 0. The van der Waals surface area contributed by atoms with Crippen molar-refractivity contribution < 1.29 is 4.74 Å². The first-order chi connectivity index (χ1) is 16.5. The zero-order valence-corrected chi connectivity index (χ0v) is 22.2. The highest BCUT2D eigenvalue weighted by Gasteiger charge is 2.31. The minimum absolute atomic E-state index is 0.455. The van der Waals surface area contributed by atoms with E-state index in [9.17, 15) is 0 Å². The summed E-state index contributed by atoms with van der Waals surface area (Å²) in [5.41, 5.74) is 11.3. The molecule has 4 rings (SSSR count). The van der Waals surface area contributed by atoms with Crippen molar-refractivity contribution in [3.63, 3.8) is 0 Å². The number of aryl methyl sites for hydroxylation is 3. The van der Waals surface area contributed by atoms with Crippen molar-refractivity contribution in [3.8, 4) is 16.9 Å². The Morgan fingerprint density at radius 3 is 2.11 bits per heavy atom. The maximum atomic E-state index is 8.05.